The van der Waals surface area contributed by atoms with Crippen LogP contribution in [0.1, 0.15) is 119 Å². The maximum atomic E-state index is 14.7. The molecule has 0 amide bonds. The Bertz CT molecular complexity index is 1930. The molecule has 5 rings (SSSR count). The van der Waals surface area contributed by atoms with E-state index in [-0.39, 0.29) is 22.2 Å². The molecule has 0 saturated carbocycles. The van der Waals surface area contributed by atoms with Crippen LogP contribution in [0.3, 0.4) is 0 Å². The summed E-state index contributed by atoms with van der Waals surface area (Å²) < 4.78 is 59.8. The predicted molar refractivity (Wildman–Crippen MR) is 239 cm³/mol. The summed E-state index contributed by atoms with van der Waals surface area (Å²) in [4.78, 5) is 25.0. The lowest BCUT2D eigenvalue weighted by molar-refractivity contribution is -0.142. The molecule has 0 aliphatic rings. The highest BCUT2D eigenvalue weighted by molar-refractivity contribution is 7.56. The Morgan fingerprint density at radius 1 is 0.741 bits per heavy atom. The standard InChI is InChI=1S/C29H28F2NO6PS.C6H6.C6H14.C4H10.C2H6/c1-16-17(2)25(30)27(26(31)18(16)3)37-29(34)24-14-21-13-20(11-12-23(21)40-24)15-39(35,32-19(4)28(33)36-5)38-22-9-7-6-8-10-22;1-2-4-6-5-3-1;1-3-5-6-4-2;1-3-4-2;1-2/h6-14,19H,15H2,1-5H3,(H,32,35);1-6H;3-6H2,1-2H3;3-4H2,1-2H3;1-2H3. The highest BCUT2D eigenvalue weighted by Gasteiger charge is 2.31. The average Bonchev–Trinajstić information content (AvgIpc) is 3.68. The molecule has 58 heavy (non-hydrogen) atoms. The van der Waals surface area contributed by atoms with Gasteiger partial charge in [-0.3, -0.25) is 9.36 Å². The van der Waals surface area contributed by atoms with Crippen molar-refractivity contribution in [2.45, 2.75) is 120 Å². The molecule has 7 nitrogen and oxygen atoms in total. The number of benzene rings is 4. The minimum Gasteiger partial charge on any atom is -0.468 e. The second-order valence-electron chi connectivity index (χ2n) is 13.2. The van der Waals surface area contributed by atoms with E-state index in [0.29, 0.717) is 27.0 Å². The summed E-state index contributed by atoms with van der Waals surface area (Å²) in [6.07, 6.45) is 8.10. The maximum Gasteiger partial charge on any atom is 0.353 e. The molecule has 2 unspecified atom stereocenters. The van der Waals surface area contributed by atoms with E-state index in [4.69, 9.17) is 14.0 Å². The average molecular weight is 840 g/mol. The predicted octanol–water partition coefficient (Wildman–Crippen LogP) is 14.4. The topological polar surface area (TPSA) is 90.9 Å². The van der Waals surface area contributed by atoms with Crippen molar-refractivity contribution in [3.63, 3.8) is 0 Å². The maximum absolute atomic E-state index is 14.7. The van der Waals surface area contributed by atoms with E-state index < -0.39 is 42.9 Å². The van der Waals surface area contributed by atoms with E-state index in [1.807, 2.05) is 50.2 Å². The van der Waals surface area contributed by atoms with E-state index in [1.165, 1.54) is 66.4 Å². The van der Waals surface area contributed by atoms with Gasteiger partial charge in [-0.05, 0) is 85.7 Å². The largest absolute Gasteiger partial charge is 0.468 e. The van der Waals surface area contributed by atoms with Gasteiger partial charge in [-0.1, -0.05) is 141 Å². The van der Waals surface area contributed by atoms with Gasteiger partial charge in [-0.2, -0.15) is 0 Å². The second kappa shape index (κ2) is 28.1. The van der Waals surface area contributed by atoms with Crippen molar-refractivity contribution in [2.24, 2.45) is 0 Å². The first kappa shape index (κ1) is 51.6. The summed E-state index contributed by atoms with van der Waals surface area (Å²) in [6.45, 7) is 18.9. The van der Waals surface area contributed by atoms with Crippen molar-refractivity contribution in [3.8, 4) is 11.5 Å². The Morgan fingerprint density at radius 3 is 1.71 bits per heavy atom. The first-order valence-electron chi connectivity index (χ1n) is 20.1. The van der Waals surface area contributed by atoms with Crippen molar-refractivity contribution in [2.75, 3.05) is 7.11 Å². The zero-order valence-corrected chi connectivity index (χ0v) is 38.0. The molecule has 11 heteroatoms. The van der Waals surface area contributed by atoms with E-state index in [1.54, 1.807) is 61.5 Å². The van der Waals surface area contributed by atoms with E-state index in [2.05, 4.69) is 32.8 Å². The Labute approximate surface area is 350 Å². The van der Waals surface area contributed by atoms with Crippen LogP contribution in [-0.2, 0) is 20.3 Å². The molecule has 1 N–H and O–H groups in total. The lowest BCUT2D eigenvalue weighted by Crippen LogP contribution is -2.34. The molecule has 0 aliphatic heterocycles. The third-order valence-corrected chi connectivity index (χ3v) is 11.8. The molecule has 0 aliphatic carbocycles. The number of halogens is 2. The molecular weight excluding hydrogens is 776 g/mol. The Kier molecular flexibility index (Phi) is 25.0. The van der Waals surface area contributed by atoms with Gasteiger partial charge in [0.2, 0.25) is 5.75 Å². The fraction of sp³-hybridized carbons (Fsp3) is 0.404. The van der Waals surface area contributed by atoms with Crippen LogP contribution in [-0.4, -0.2) is 25.1 Å². The molecule has 4 aromatic carbocycles. The van der Waals surface area contributed by atoms with Crippen LogP contribution in [0.2, 0.25) is 0 Å². The lowest BCUT2D eigenvalue weighted by Gasteiger charge is -2.23. The highest BCUT2D eigenvalue weighted by Crippen LogP contribution is 2.47. The molecule has 0 spiro atoms. The number of carbonyl (C=O) groups excluding carboxylic acids is 2. The lowest BCUT2D eigenvalue weighted by atomic mass is 10.0. The minimum absolute atomic E-state index is 0.0763. The Balaban J connectivity index is 0.000000775. The van der Waals surface area contributed by atoms with E-state index >= 15 is 0 Å². The number of fused-ring (bicyclic) bond motifs is 1. The summed E-state index contributed by atoms with van der Waals surface area (Å²) in [5.74, 6) is -3.69. The fourth-order valence-corrected chi connectivity index (χ4v) is 7.94. The normalized spacial score (nSPS) is 11.7. The fourth-order valence-electron chi connectivity index (χ4n) is 4.98. The number of hydrogen-bond donors (Lipinski definition) is 1. The van der Waals surface area contributed by atoms with E-state index in [9.17, 15) is 22.9 Å². The van der Waals surface area contributed by atoms with Gasteiger partial charge in [0.15, 0.2) is 11.6 Å². The van der Waals surface area contributed by atoms with Gasteiger partial charge in [0.1, 0.15) is 16.7 Å². The van der Waals surface area contributed by atoms with E-state index in [0.717, 1.165) is 11.3 Å². The first-order valence-corrected chi connectivity index (χ1v) is 22.8. The number of esters is 2. The molecule has 5 aromatic rings. The summed E-state index contributed by atoms with van der Waals surface area (Å²) in [5, 5.41) is 3.42. The molecule has 1 heterocycles. The zero-order valence-electron chi connectivity index (χ0n) is 36.2. The van der Waals surface area contributed by atoms with Crippen LogP contribution in [0.25, 0.3) is 10.1 Å². The van der Waals surface area contributed by atoms with Crippen molar-refractivity contribution in [1.29, 1.82) is 0 Å². The van der Waals surface area contributed by atoms with Gasteiger partial charge >= 0.3 is 19.5 Å². The Morgan fingerprint density at radius 2 is 1.24 bits per heavy atom. The number of nitrogens with one attached hydrogen (secondary N) is 1. The van der Waals surface area contributed by atoms with Crippen LogP contribution >= 0.6 is 18.9 Å². The number of ether oxygens (including phenoxy) is 2. The molecule has 0 fully saturated rings. The molecule has 0 saturated heterocycles. The van der Waals surface area contributed by atoms with Gasteiger partial charge < -0.3 is 14.0 Å². The third kappa shape index (κ3) is 17.2. The van der Waals surface area contributed by atoms with Gasteiger partial charge in [-0.15, -0.1) is 11.3 Å². The van der Waals surface area contributed by atoms with Crippen molar-refractivity contribution in [3.05, 3.63) is 130 Å². The monoisotopic (exact) mass is 839 g/mol. The summed E-state index contributed by atoms with van der Waals surface area (Å²) in [5.41, 5.74) is 1.48. The second-order valence-corrected chi connectivity index (χ2v) is 16.4. The van der Waals surface area contributed by atoms with Crippen LogP contribution < -0.4 is 14.3 Å². The molecule has 2 atom stereocenters. The number of carbonyl (C=O) groups is 2. The molecular formula is C47H64F2NO6PS. The highest BCUT2D eigenvalue weighted by atomic mass is 32.1. The summed E-state index contributed by atoms with van der Waals surface area (Å²) in [6, 6.07) is 26.4. The zero-order chi connectivity index (χ0) is 43.7. The van der Waals surface area contributed by atoms with Crippen LogP contribution in [0, 0.1) is 32.4 Å². The Hall–Kier alpha value is -4.37. The molecule has 0 bridgehead atoms. The number of hydrogen-bond acceptors (Lipinski definition) is 7. The van der Waals surface area contributed by atoms with Crippen LogP contribution in [0.5, 0.6) is 11.5 Å². The number of methoxy groups -OCH3 is 1. The smallest absolute Gasteiger partial charge is 0.353 e. The van der Waals surface area contributed by atoms with Crippen LogP contribution in [0.4, 0.5) is 8.78 Å². The first-order chi connectivity index (χ1) is 27.7. The van der Waals surface area contributed by atoms with Gasteiger partial charge in [0, 0.05) is 4.70 Å². The van der Waals surface area contributed by atoms with Crippen molar-refractivity contribution in [1.82, 2.24) is 5.09 Å². The minimum atomic E-state index is -3.67. The number of rotatable bonds is 13. The molecule has 0 radical (unpaired) electrons. The summed E-state index contributed by atoms with van der Waals surface area (Å²) in [7, 11) is -2.43. The van der Waals surface area contributed by atoms with Gasteiger partial charge in [0.05, 0.1) is 13.3 Å². The van der Waals surface area contributed by atoms with Gasteiger partial charge in [0.25, 0.3) is 0 Å². The van der Waals surface area contributed by atoms with Crippen molar-refractivity contribution >= 4 is 40.9 Å². The quantitative estimate of drug-likeness (QED) is 0.0546. The third-order valence-electron chi connectivity index (χ3n) is 8.61. The number of unbranched alkanes of at least 4 members (excludes halogenated alkanes) is 4. The number of thiophene rings is 1. The molecule has 1 aromatic heterocycles. The van der Waals surface area contributed by atoms with Crippen LogP contribution in [0.15, 0.2) is 91.0 Å². The van der Waals surface area contributed by atoms with Gasteiger partial charge in [-0.25, -0.2) is 18.7 Å². The SMILES string of the molecule is CC.CCCC.CCCCCC.COC(=O)C(C)NP(=O)(Cc1ccc2sc(C(=O)Oc3c(F)c(C)c(C)c(C)c3F)cc2c1)Oc1ccccc1.c1ccccc1. The summed E-state index contributed by atoms with van der Waals surface area (Å²) >= 11 is 1.10. The number of para-hydroxylation sites is 1. The van der Waals surface area contributed by atoms with Crippen molar-refractivity contribution < 1.29 is 36.9 Å². The molecule has 318 valence electrons.